The third kappa shape index (κ3) is 3.53. The quantitative estimate of drug-likeness (QED) is 0.643. The fraction of sp³-hybridized carbons (Fsp3) is 0.217. The summed E-state index contributed by atoms with van der Waals surface area (Å²) < 4.78 is 14.6. The van der Waals surface area contributed by atoms with Crippen molar-refractivity contribution in [3.63, 3.8) is 0 Å². The van der Waals surface area contributed by atoms with Gasteiger partial charge in [0.05, 0.1) is 11.4 Å². The van der Waals surface area contributed by atoms with Gasteiger partial charge in [-0.15, -0.1) is 0 Å². The van der Waals surface area contributed by atoms with Gasteiger partial charge in [-0.25, -0.2) is 14.4 Å². The number of nitrogens with zero attached hydrogens (tertiary/aromatic N) is 4. The Morgan fingerprint density at radius 1 is 0.929 bits per heavy atom. The highest BCUT2D eigenvalue weighted by atomic mass is 19.1. The Kier molecular flexibility index (Phi) is 5.17. The lowest BCUT2D eigenvalue weighted by atomic mass is 9.99. The molecule has 0 atom stereocenters. The minimum atomic E-state index is -0.275. The molecule has 0 amide bonds. The molecule has 0 saturated heterocycles. The fourth-order valence-electron chi connectivity index (χ4n) is 3.52. The Morgan fingerprint density at radius 3 is 2.46 bits per heavy atom. The first kappa shape index (κ1) is 18.3. The van der Waals surface area contributed by atoms with Crippen LogP contribution in [0.3, 0.4) is 0 Å². The van der Waals surface area contributed by atoms with E-state index in [1.165, 1.54) is 6.07 Å². The number of anilines is 2. The standard InChI is InChI=1S/C23H23FN4/c1-27(2)15-8-16-28-21-13-6-4-10-18(21)22(17-9-3-5-11-19(17)24)26-20-12-7-14-25-23(20)28/h3-7,9-14H,8,15-16H2,1-2H3. The van der Waals surface area contributed by atoms with Crippen LogP contribution in [-0.2, 0) is 0 Å². The highest BCUT2D eigenvalue weighted by Gasteiger charge is 2.25. The van der Waals surface area contributed by atoms with Gasteiger partial charge in [0.25, 0.3) is 0 Å². The monoisotopic (exact) mass is 374 g/mol. The van der Waals surface area contributed by atoms with Gasteiger partial charge < -0.3 is 9.80 Å². The summed E-state index contributed by atoms with van der Waals surface area (Å²) in [5.41, 5.74) is 3.80. The minimum absolute atomic E-state index is 0.275. The molecule has 0 bridgehead atoms. The number of hydrogen-bond acceptors (Lipinski definition) is 4. The average molecular weight is 374 g/mol. The highest BCUT2D eigenvalue weighted by molar-refractivity contribution is 6.18. The van der Waals surface area contributed by atoms with Crippen molar-refractivity contribution in [3.8, 4) is 0 Å². The van der Waals surface area contributed by atoms with Crippen LogP contribution in [0.2, 0.25) is 0 Å². The number of pyridine rings is 1. The van der Waals surface area contributed by atoms with Crippen LogP contribution >= 0.6 is 0 Å². The molecule has 0 spiro atoms. The number of aliphatic imine (C=N–C) groups is 1. The normalized spacial score (nSPS) is 13.0. The molecule has 4 rings (SSSR count). The smallest absolute Gasteiger partial charge is 0.159 e. The maximum atomic E-state index is 14.6. The van der Waals surface area contributed by atoms with E-state index < -0.39 is 0 Å². The molecule has 0 radical (unpaired) electrons. The second-order valence-corrected chi connectivity index (χ2v) is 7.11. The van der Waals surface area contributed by atoms with E-state index in [2.05, 4.69) is 34.9 Å². The van der Waals surface area contributed by atoms with Crippen LogP contribution in [0.1, 0.15) is 17.5 Å². The van der Waals surface area contributed by atoms with Crippen molar-refractivity contribution in [2.75, 3.05) is 32.1 Å². The first-order valence-corrected chi connectivity index (χ1v) is 9.45. The van der Waals surface area contributed by atoms with Gasteiger partial charge in [-0.3, -0.25) is 0 Å². The second kappa shape index (κ2) is 7.90. The van der Waals surface area contributed by atoms with E-state index in [9.17, 15) is 4.39 Å². The van der Waals surface area contributed by atoms with Gasteiger partial charge in [0.1, 0.15) is 11.5 Å². The Labute approximate surface area is 165 Å². The third-order valence-corrected chi connectivity index (χ3v) is 4.82. The fourth-order valence-corrected chi connectivity index (χ4v) is 3.52. The van der Waals surface area contributed by atoms with Crippen LogP contribution in [0, 0.1) is 5.82 Å². The zero-order chi connectivity index (χ0) is 19.5. The summed E-state index contributed by atoms with van der Waals surface area (Å²) in [6, 6.07) is 18.6. The Hall–Kier alpha value is -3.05. The van der Waals surface area contributed by atoms with Crippen LogP contribution in [-0.4, -0.2) is 42.8 Å². The maximum Gasteiger partial charge on any atom is 0.159 e. The number of aromatic nitrogens is 1. The topological polar surface area (TPSA) is 31.7 Å². The summed E-state index contributed by atoms with van der Waals surface area (Å²) >= 11 is 0. The first-order chi connectivity index (χ1) is 13.6. The molecule has 1 aromatic heterocycles. The van der Waals surface area contributed by atoms with Crippen LogP contribution in [0.25, 0.3) is 0 Å². The van der Waals surface area contributed by atoms with Crippen molar-refractivity contribution in [1.82, 2.24) is 9.88 Å². The molecule has 4 nitrogen and oxygen atoms in total. The van der Waals surface area contributed by atoms with Gasteiger partial charge in [0.15, 0.2) is 5.82 Å². The van der Waals surface area contributed by atoms with E-state index in [0.29, 0.717) is 11.3 Å². The van der Waals surface area contributed by atoms with E-state index in [4.69, 9.17) is 4.99 Å². The Morgan fingerprint density at radius 2 is 1.68 bits per heavy atom. The molecule has 0 aliphatic carbocycles. The van der Waals surface area contributed by atoms with E-state index >= 15 is 0 Å². The van der Waals surface area contributed by atoms with Crippen LogP contribution in [0.15, 0.2) is 71.9 Å². The van der Waals surface area contributed by atoms with Crippen molar-refractivity contribution >= 4 is 22.9 Å². The van der Waals surface area contributed by atoms with E-state index in [1.807, 2.05) is 36.4 Å². The molecule has 0 unspecified atom stereocenters. The predicted octanol–water partition coefficient (Wildman–Crippen LogP) is 4.79. The minimum Gasteiger partial charge on any atom is -0.324 e. The highest BCUT2D eigenvalue weighted by Crippen LogP contribution is 2.39. The lowest BCUT2D eigenvalue weighted by Crippen LogP contribution is -2.24. The van der Waals surface area contributed by atoms with Crippen LogP contribution < -0.4 is 4.90 Å². The molecule has 1 aliphatic heterocycles. The van der Waals surface area contributed by atoms with Gasteiger partial charge in [0.2, 0.25) is 0 Å². The maximum absolute atomic E-state index is 14.6. The van der Waals surface area contributed by atoms with E-state index in [0.717, 1.165) is 42.3 Å². The van der Waals surface area contributed by atoms with Crippen molar-refractivity contribution in [2.24, 2.45) is 4.99 Å². The van der Waals surface area contributed by atoms with E-state index in [-0.39, 0.29) is 5.82 Å². The summed E-state index contributed by atoms with van der Waals surface area (Å²) in [4.78, 5) is 13.9. The van der Waals surface area contributed by atoms with Gasteiger partial charge >= 0.3 is 0 Å². The molecule has 0 saturated carbocycles. The predicted molar refractivity (Wildman–Crippen MR) is 113 cm³/mol. The summed E-state index contributed by atoms with van der Waals surface area (Å²) in [5.74, 6) is 0.530. The summed E-state index contributed by atoms with van der Waals surface area (Å²) in [6.07, 6.45) is 2.76. The summed E-state index contributed by atoms with van der Waals surface area (Å²) in [6.45, 7) is 1.78. The van der Waals surface area contributed by atoms with Gasteiger partial charge in [-0.2, -0.15) is 0 Å². The molecule has 3 aromatic rings. The van der Waals surface area contributed by atoms with Gasteiger partial charge in [-0.1, -0.05) is 30.3 Å². The SMILES string of the molecule is CN(C)CCCN1c2ccccc2C(c2ccccc2F)=Nc2cccnc21. The molecule has 5 heteroatoms. The first-order valence-electron chi connectivity index (χ1n) is 9.45. The Bertz CT molecular complexity index is 1010. The molecular weight excluding hydrogens is 351 g/mol. The van der Waals surface area contributed by atoms with Crippen molar-refractivity contribution in [3.05, 3.63) is 83.8 Å². The lowest BCUT2D eigenvalue weighted by Gasteiger charge is -2.26. The molecular formula is C23H23FN4. The number of rotatable bonds is 5. The summed E-state index contributed by atoms with van der Waals surface area (Å²) in [7, 11) is 4.14. The number of halogens is 1. The Balaban J connectivity index is 1.88. The molecule has 142 valence electrons. The average Bonchev–Trinajstić information content (AvgIpc) is 2.84. The van der Waals surface area contributed by atoms with Crippen molar-refractivity contribution in [2.45, 2.75) is 6.42 Å². The zero-order valence-electron chi connectivity index (χ0n) is 16.1. The number of hydrogen-bond donors (Lipinski definition) is 0. The van der Waals surface area contributed by atoms with Gasteiger partial charge in [-0.05, 0) is 57.4 Å². The van der Waals surface area contributed by atoms with Crippen LogP contribution in [0.4, 0.5) is 21.6 Å². The molecule has 0 fully saturated rings. The molecule has 1 aliphatic rings. The second-order valence-electron chi connectivity index (χ2n) is 7.11. The molecule has 28 heavy (non-hydrogen) atoms. The molecule has 2 aromatic carbocycles. The van der Waals surface area contributed by atoms with Crippen molar-refractivity contribution in [1.29, 1.82) is 0 Å². The third-order valence-electron chi connectivity index (χ3n) is 4.82. The largest absolute Gasteiger partial charge is 0.324 e. The number of para-hydroxylation sites is 1. The number of fused-ring (bicyclic) bond motifs is 2. The summed E-state index contributed by atoms with van der Waals surface area (Å²) in [5, 5.41) is 0. The zero-order valence-corrected chi connectivity index (χ0v) is 16.1. The van der Waals surface area contributed by atoms with Crippen LogP contribution in [0.5, 0.6) is 0 Å². The van der Waals surface area contributed by atoms with Crippen molar-refractivity contribution < 1.29 is 4.39 Å². The van der Waals surface area contributed by atoms with Gasteiger partial charge in [0, 0.05) is 23.9 Å². The lowest BCUT2D eigenvalue weighted by molar-refractivity contribution is 0.402. The number of benzene rings is 2. The molecule has 2 heterocycles. The van der Waals surface area contributed by atoms with E-state index in [1.54, 1.807) is 18.3 Å². The molecule has 0 N–H and O–H groups in total.